The second kappa shape index (κ2) is 5.43. The second-order valence-corrected chi connectivity index (χ2v) is 27.5. The third-order valence-electron chi connectivity index (χ3n) is 4.95. The first kappa shape index (κ1) is 19.6. The highest BCUT2D eigenvalue weighted by atomic mass is 28.5. The molecule has 1 nitrogen and oxygen atoms in total. The van der Waals surface area contributed by atoms with Crippen molar-refractivity contribution >= 4 is 24.2 Å². The van der Waals surface area contributed by atoms with Gasteiger partial charge in [-0.3, -0.25) is 0 Å². The molecule has 0 aliphatic rings. The fraction of sp³-hybridized carbons (Fsp3) is 1.00. The van der Waals surface area contributed by atoms with Crippen molar-refractivity contribution in [1.82, 2.24) is 0 Å². The van der Waals surface area contributed by atoms with Gasteiger partial charge in [-0.05, 0) is 24.6 Å². The van der Waals surface area contributed by atoms with E-state index in [1.165, 1.54) is 6.42 Å². The molecule has 0 radical (unpaired) electrons. The summed E-state index contributed by atoms with van der Waals surface area (Å²) in [5.41, 5.74) is -0.524. The molecule has 0 spiro atoms. The molecule has 0 aromatic carbocycles. The van der Waals surface area contributed by atoms with Gasteiger partial charge in [-0.2, -0.15) is 0 Å². The predicted octanol–water partition coefficient (Wildman–Crippen LogP) is 5.37. The standard InChI is InChI=1S/C15H38OSi3/c1-14(2,16)12-13-15(17(3,4)5,18(6,7)8)19(9,10)11/h16H,12-13H2,1-11H3. The highest BCUT2D eigenvalue weighted by Gasteiger charge is 2.59. The lowest BCUT2D eigenvalue weighted by atomic mass is 10.0. The van der Waals surface area contributed by atoms with Crippen LogP contribution in [0.5, 0.6) is 0 Å². The molecule has 0 aromatic rings. The number of hydrogen-bond donors (Lipinski definition) is 1. The summed E-state index contributed by atoms with van der Waals surface area (Å²) in [4.78, 5) is 0. The lowest BCUT2D eigenvalue weighted by Gasteiger charge is -2.60. The van der Waals surface area contributed by atoms with Crippen LogP contribution in [0.2, 0.25) is 63.2 Å². The smallest absolute Gasteiger partial charge is 0.0591 e. The van der Waals surface area contributed by atoms with Crippen LogP contribution in [0.15, 0.2) is 0 Å². The van der Waals surface area contributed by atoms with Crippen molar-refractivity contribution in [2.45, 2.75) is 95.5 Å². The zero-order chi connectivity index (χ0) is 15.9. The average Bonchev–Trinajstić information content (AvgIpc) is 1.92. The Morgan fingerprint density at radius 1 is 0.632 bits per heavy atom. The molecular weight excluding hydrogens is 280 g/mol. The molecule has 0 amide bonds. The first-order valence-electron chi connectivity index (χ1n) is 7.68. The minimum Gasteiger partial charge on any atom is -0.390 e. The monoisotopic (exact) mass is 318 g/mol. The molecule has 116 valence electrons. The van der Waals surface area contributed by atoms with Gasteiger partial charge in [0.25, 0.3) is 0 Å². The predicted molar refractivity (Wildman–Crippen MR) is 98.3 cm³/mol. The second-order valence-electron chi connectivity index (χ2n) is 9.97. The van der Waals surface area contributed by atoms with Crippen molar-refractivity contribution < 1.29 is 5.11 Å². The summed E-state index contributed by atoms with van der Waals surface area (Å²) >= 11 is 0. The van der Waals surface area contributed by atoms with Crippen molar-refractivity contribution in [3.8, 4) is 0 Å². The number of rotatable bonds is 6. The van der Waals surface area contributed by atoms with Crippen LogP contribution in [-0.4, -0.2) is 34.9 Å². The lowest BCUT2D eigenvalue weighted by molar-refractivity contribution is 0.0683. The zero-order valence-electron chi connectivity index (χ0n) is 15.4. The number of hydrogen-bond acceptors (Lipinski definition) is 1. The first-order chi connectivity index (χ1) is 7.96. The topological polar surface area (TPSA) is 20.2 Å². The maximum Gasteiger partial charge on any atom is 0.0591 e. The van der Waals surface area contributed by atoms with Gasteiger partial charge in [-0.15, -0.1) is 0 Å². The van der Waals surface area contributed by atoms with E-state index in [4.69, 9.17) is 0 Å². The van der Waals surface area contributed by atoms with Crippen LogP contribution >= 0.6 is 0 Å². The molecule has 0 aliphatic heterocycles. The molecule has 19 heavy (non-hydrogen) atoms. The summed E-state index contributed by atoms with van der Waals surface area (Å²) in [7, 11) is -3.89. The molecule has 0 heterocycles. The van der Waals surface area contributed by atoms with E-state index < -0.39 is 29.8 Å². The Kier molecular flexibility index (Phi) is 5.60. The van der Waals surface area contributed by atoms with Gasteiger partial charge in [0.2, 0.25) is 0 Å². The Morgan fingerprint density at radius 3 is 1.05 bits per heavy atom. The van der Waals surface area contributed by atoms with Crippen LogP contribution in [0.1, 0.15) is 26.7 Å². The van der Waals surface area contributed by atoms with E-state index in [-0.39, 0.29) is 0 Å². The fourth-order valence-electron chi connectivity index (χ4n) is 4.99. The largest absolute Gasteiger partial charge is 0.390 e. The van der Waals surface area contributed by atoms with Crippen molar-refractivity contribution in [3.63, 3.8) is 0 Å². The van der Waals surface area contributed by atoms with Crippen LogP contribution in [-0.2, 0) is 0 Å². The number of aliphatic hydroxyl groups is 1. The lowest BCUT2D eigenvalue weighted by Crippen LogP contribution is -2.65. The van der Waals surface area contributed by atoms with Crippen LogP contribution in [0.3, 0.4) is 0 Å². The fourth-order valence-corrected chi connectivity index (χ4v) is 34.6. The molecule has 0 atom stereocenters. The molecular formula is C15H38OSi3. The van der Waals surface area contributed by atoms with Gasteiger partial charge in [-0.25, -0.2) is 0 Å². The normalized spacial score (nSPS) is 15.8. The van der Waals surface area contributed by atoms with E-state index in [9.17, 15) is 5.11 Å². The average molecular weight is 319 g/mol. The van der Waals surface area contributed by atoms with Gasteiger partial charge in [0.1, 0.15) is 0 Å². The summed E-state index contributed by atoms with van der Waals surface area (Å²) in [5.74, 6) is 0. The van der Waals surface area contributed by atoms with E-state index in [0.29, 0.717) is 4.28 Å². The molecule has 0 saturated heterocycles. The maximum atomic E-state index is 10.2. The molecule has 0 aromatic heterocycles. The van der Waals surface area contributed by atoms with Crippen LogP contribution in [0, 0.1) is 0 Å². The Bertz CT molecular complexity index is 261. The first-order valence-corrected chi connectivity index (χ1v) is 18.2. The molecule has 0 unspecified atom stereocenters. The summed E-state index contributed by atoms with van der Waals surface area (Å²) in [5, 5.41) is 10.2. The molecule has 4 heteroatoms. The Balaban J connectivity index is 5.83. The third kappa shape index (κ3) is 4.29. The Labute approximate surface area is 125 Å². The third-order valence-corrected chi connectivity index (χ3v) is 26.9. The highest BCUT2D eigenvalue weighted by Crippen LogP contribution is 2.57. The molecule has 1 N–H and O–H groups in total. The maximum absolute atomic E-state index is 10.2. The van der Waals surface area contributed by atoms with Crippen LogP contribution < -0.4 is 0 Å². The van der Waals surface area contributed by atoms with Crippen molar-refractivity contribution in [3.05, 3.63) is 0 Å². The molecule has 0 rings (SSSR count). The van der Waals surface area contributed by atoms with Crippen LogP contribution in [0.4, 0.5) is 0 Å². The van der Waals surface area contributed by atoms with E-state index in [2.05, 4.69) is 58.9 Å². The summed E-state index contributed by atoms with van der Waals surface area (Å²) in [6, 6.07) is 0. The SMILES string of the molecule is CC(C)(O)CCC([Si](C)(C)C)([Si](C)(C)C)[Si](C)(C)C. The highest BCUT2D eigenvalue weighted by molar-refractivity contribution is 7.15. The zero-order valence-corrected chi connectivity index (χ0v) is 18.4. The Hall–Kier alpha value is 0.611. The van der Waals surface area contributed by atoms with Gasteiger partial charge in [-0.1, -0.05) is 65.3 Å². The molecule has 0 fully saturated rings. The summed E-state index contributed by atoms with van der Waals surface area (Å²) < 4.78 is 0.576. The van der Waals surface area contributed by atoms with Crippen molar-refractivity contribution in [2.75, 3.05) is 0 Å². The van der Waals surface area contributed by atoms with Gasteiger partial charge in [0.15, 0.2) is 0 Å². The van der Waals surface area contributed by atoms with E-state index >= 15 is 0 Å². The summed E-state index contributed by atoms with van der Waals surface area (Å²) in [6.45, 7) is 27.0. The van der Waals surface area contributed by atoms with E-state index in [0.717, 1.165) is 6.42 Å². The molecule has 0 saturated carbocycles. The van der Waals surface area contributed by atoms with E-state index in [1.54, 1.807) is 0 Å². The van der Waals surface area contributed by atoms with Gasteiger partial charge in [0.05, 0.1) is 5.60 Å². The Morgan fingerprint density at radius 2 is 0.895 bits per heavy atom. The molecule has 0 bridgehead atoms. The minimum absolute atomic E-state index is 0.524. The minimum atomic E-state index is -1.30. The quantitative estimate of drug-likeness (QED) is 0.653. The van der Waals surface area contributed by atoms with Gasteiger partial charge in [0, 0.05) is 24.2 Å². The van der Waals surface area contributed by atoms with Crippen molar-refractivity contribution in [1.29, 1.82) is 0 Å². The van der Waals surface area contributed by atoms with E-state index in [1.807, 2.05) is 13.8 Å². The summed E-state index contributed by atoms with van der Waals surface area (Å²) in [6.07, 6.45) is 2.18. The van der Waals surface area contributed by atoms with Gasteiger partial charge < -0.3 is 5.11 Å². The van der Waals surface area contributed by atoms with Crippen LogP contribution in [0.25, 0.3) is 0 Å². The molecule has 0 aliphatic carbocycles. The van der Waals surface area contributed by atoms with Crippen molar-refractivity contribution in [2.24, 2.45) is 0 Å². The van der Waals surface area contributed by atoms with Gasteiger partial charge >= 0.3 is 0 Å².